The maximum atomic E-state index is 14.5. The van der Waals surface area contributed by atoms with Gasteiger partial charge in [-0.3, -0.25) is 13.9 Å². The molecule has 1 atom stereocenters. The van der Waals surface area contributed by atoms with E-state index in [4.69, 9.17) is 0 Å². The van der Waals surface area contributed by atoms with Gasteiger partial charge in [-0.25, -0.2) is 8.42 Å². The number of unbranched alkanes of at least 4 members (excludes halogenated alkanes) is 1. The molecule has 0 fully saturated rings. The molecule has 11 heteroatoms. The van der Waals surface area contributed by atoms with Crippen LogP contribution in [0.5, 0.6) is 0 Å². The Kier molecular flexibility index (Phi) is 12.0. The molecule has 0 radical (unpaired) electrons. The highest BCUT2D eigenvalue weighted by Gasteiger charge is 2.36. The van der Waals surface area contributed by atoms with Crippen molar-refractivity contribution in [3.05, 3.63) is 131 Å². The first-order valence-corrected chi connectivity index (χ1v) is 17.2. The largest absolute Gasteiger partial charge is 0.416 e. The molecular formula is C37H40F3N3O4S. The van der Waals surface area contributed by atoms with Gasteiger partial charge in [-0.05, 0) is 61.7 Å². The van der Waals surface area contributed by atoms with Crippen LogP contribution in [0.15, 0.2) is 108 Å². The monoisotopic (exact) mass is 679 g/mol. The van der Waals surface area contributed by atoms with Gasteiger partial charge < -0.3 is 10.2 Å². The van der Waals surface area contributed by atoms with E-state index < -0.39 is 46.2 Å². The fourth-order valence-electron chi connectivity index (χ4n) is 5.15. The number of amides is 2. The third kappa shape index (κ3) is 9.47. The van der Waals surface area contributed by atoms with Crippen LogP contribution in [0.3, 0.4) is 0 Å². The number of rotatable bonds is 14. The van der Waals surface area contributed by atoms with Crippen molar-refractivity contribution in [2.75, 3.05) is 17.4 Å². The summed E-state index contributed by atoms with van der Waals surface area (Å²) in [6.45, 7) is 5.15. The first-order valence-electron chi connectivity index (χ1n) is 15.7. The standard InChI is InChI=1S/C37H40F3N3O4S/c1-4-5-22-41-36(45)34(23-29-10-7-6-8-11-29)42(25-30-18-14-27(2)15-19-30)35(44)26-43(32-13-9-12-31(24-32)37(38,39)40)48(46,47)33-20-16-28(3)17-21-33/h6-21,24,34H,4-5,22-23,25-26H2,1-3H3,(H,41,45). The van der Waals surface area contributed by atoms with Gasteiger partial charge in [0.25, 0.3) is 10.0 Å². The molecule has 1 unspecified atom stereocenters. The number of carbonyl (C=O) groups is 2. The Labute approximate surface area is 280 Å². The summed E-state index contributed by atoms with van der Waals surface area (Å²) in [5, 5.41) is 2.91. The smallest absolute Gasteiger partial charge is 0.354 e. The fourth-order valence-corrected chi connectivity index (χ4v) is 6.56. The zero-order chi connectivity index (χ0) is 34.9. The lowest BCUT2D eigenvalue weighted by atomic mass is 10.0. The Morgan fingerprint density at radius 3 is 2.04 bits per heavy atom. The molecule has 0 aliphatic carbocycles. The molecule has 48 heavy (non-hydrogen) atoms. The molecule has 0 spiro atoms. The van der Waals surface area contributed by atoms with Crippen LogP contribution in [-0.4, -0.2) is 44.3 Å². The van der Waals surface area contributed by atoms with E-state index >= 15 is 0 Å². The van der Waals surface area contributed by atoms with Crippen LogP contribution in [0.4, 0.5) is 18.9 Å². The summed E-state index contributed by atoms with van der Waals surface area (Å²) in [4.78, 5) is 29.4. The number of anilines is 1. The van der Waals surface area contributed by atoms with E-state index in [9.17, 15) is 31.2 Å². The highest BCUT2D eigenvalue weighted by Crippen LogP contribution is 2.33. The maximum Gasteiger partial charge on any atom is 0.416 e. The minimum Gasteiger partial charge on any atom is -0.354 e. The molecule has 0 heterocycles. The van der Waals surface area contributed by atoms with Gasteiger partial charge in [0, 0.05) is 19.5 Å². The van der Waals surface area contributed by atoms with Crippen LogP contribution in [0.2, 0.25) is 0 Å². The summed E-state index contributed by atoms with van der Waals surface area (Å²) in [7, 11) is -4.54. The topological polar surface area (TPSA) is 86.8 Å². The van der Waals surface area contributed by atoms with Gasteiger partial charge in [-0.15, -0.1) is 0 Å². The average Bonchev–Trinajstić information content (AvgIpc) is 3.06. The Hall–Kier alpha value is -4.64. The van der Waals surface area contributed by atoms with E-state index in [2.05, 4.69) is 5.32 Å². The predicted molar refractivity (Wildman–Crippen MR) is 181 cm³/mol. The summed E-state index contributed by atoms with van der Waals surface area (Å²) in [6, 6.07) is 25.1. The molecule has 0 aliphatic heterocycles. The van der Waals surface area contributed by atoms with Crippen LogP contribution in [-0.2, 0) is 38.8 Å². The van der Waals surface area contributed by atoms with Crippen molar-refractivity contribution in [2.45, 2.75) is 63.7 Å². The number of benzene rings is 4. The number of aryl methyl sites for hydroxylation is 2. The second-order valence-corrected chi connectivity index (χ2v) is 13.6. The second kappa shape index (κ2) is 16.0. The molecule has 0 saturated heterocycles. The van der Waals surface area contributed by atoms with E-state index in [0.29, 0.717) is 28.9 Å². The van der Waals surface area contributed by atoms with E-state index in [1.54, 1.807) is 19.1 Å². The molecule has 4 aromatic carbocycles. The first-order chi connectivity index (χ1) is 22.8. The van der Waals surface area contributed by atoms with E-state index in [-0.39, 0.29) is 23.5 Å². The van der Waals surface area contributed by atoms with Gasteiger partial charge in [-0.2, -0.15) is 13.2 Å². The van der Waals surface area contributed by atoms with Crippen molar-refractivity contribution in [1.29, 1.82) is 0 Å². The summed E-state index contributed by atoms with van der Waals surface area (Å²) < 4.78 is 70.3. The third-order valence-corrected chi connectivity index (χ3v) is 9.71. The minimum absolute atomic E-state index is 0.0428. The van der Waals surface area contributed by atoms with Gasteiger partial charge >= 0.3 is 6.18 Å². The van der Waals surface area contributed by atoms with Gasteiger partial charge in [0.15, 0.2) is 0 Å². The fraction of sp³-hybridized carbons (Fsp3) is 0.297. The Bertz CT molecular complexity index is 1780. The number of alkyl halides is 3. The number of halogens is 3. The lowest BCUT2D eigenvalue weighted by molar-refractivity contribution is -0.140. The molecule has 0 aliphatic rings. The SMILES string of the molecule is CCCCNC(=O)C(Cc1ccccc1)N(Cc1ccc(C)cc1)C(=O)CN(c1cccc(C(F)(F)F)c1)S(=O)(=O)c1ccc(C)cc1. The van der Waals surface area contributed by atoms with Crippen molar-refractivity contribution in [1.82, 2.24) is 10.2 Å². The molecule has 0 saturated carbocycles. The molecule has 4 rings (SSSR count). The quantitative estimate of drug-likeness (QED) is 0.145. The third-order valence-electron chi connectivity index (χ3n) is 7.92. The Balaban J connectivity index is 1.83. The molecule has 7 nitrogen and oxygen atoms in total. The predicted octanol–water partition coefficient (Wildman–Crippen LogP) is 7.07. The zero-order valence-corrected chi connectivity index (χ0v) is 28.0. The maximum absolute atomic E-state index is 14.5. The van der Waals surface area contributed by atoms with E-state index in [0.717, 1.165) is 35.2 Å². The molecule has 254 valence electrons. The number of hydrogen-bond acceptors (Lipinski definition) is 4. The molecule has 1 N–H and O–H groups in total. The molecular weight excluding hydrogens is 639 g/mol. The number of nitrogens with one attached hydrogen (secondary N) is 1. The van der Waals surface area contributed by atoms with Crippen molar-refractivity contribution in [2.24, 2.45) is 0 Å². The van der Waals surface area contributed by atoms with Crippen molar-refractivity contribution < 1.29 is 31.2 Å². The first kappa shape index (κ1) is 36.2. The lowest BCUT2D eigenvalue weighted by Gasteiger charge is -2.34. The van der Waals surface area contributed by atoms with Crippen molar-refractivity contribution in [3.8, 4) is 0 Å². The summed E-state index contributed by atoms with van der Waals surface area (Å²) in [5.41, 5.74) is 1.83. The van der Waals surface area contributed by atoms with Gasteiger partial charge in [0.1, 0.15) is 12.6 Å². The number of hydrogen-bond donors (Lipinski definition) is 1. The van der Waals surface area contributed by atoms with E-state index in [1.165, 1.54) is 23.1 Å². The Morgan fingerprint density at radius 2 is 1.44 bits per heavy atom. The van der Waals surface area contributed by atoms with E-state index in [1.807, 2.05) is 68.4 Å². The van der Waals surface area contributed by atoms with Gasteiger partial charge in [0.05, 0.1) is 16.1 Å². The van der Waals surface area contributed by atoms with Gasteiger partial charge in [-0.1, -0.05) is 97.3 Å². The minimum atomic E-state index is -4.76. The molecule has 0 bridgehead atoms. The van der Waals surface area contributed by atoms with Gasteiger partial charge in [0.2, 0.25) is 11.8 Å². The second-order valence-electron chi connectivity index (χ2n) is 11.7. The molecule has 2 amide bonds. The number of sulfonamides is 1. The molecule has 0 aromatic heterocycles. The number of carbonyl (C=O) groups excluding carboxylic acids is 2. The number of nitrogens with zero attached hydrogens (tertiary/aromatic N) is 2. The van der Waals surface area contributed by atoms with Crippen molar-refractivity contribution in [3.63, 3.8) is 0 Å². The molecule has 4 aromatic rings. The summed E-state index contributed by atoms with van der Waals surface area (Å²) >= 11 is 0. The van der Waals surface area contributed by atoms with Crippen LogP contribution < -0.4 is 9.62 Å². The van der Waals surface area contributed by atoms with Crippen LogP contribution in [0, 0.1) is 13.8 Å². The highest BCUT2D eigenvalue weighted by atomic mass is 32.2. The Morgan fingerprint density at radius 1 is 0.812 bits per heavy atom. The average molecular weight is 680 g/mol. The summed E-state index contributed by atoms with van der Waals surface area (Å²) in [6.07, 6.45) is -3.08. The van der Waals surface area contributed by atoms with Crippen LogP contribution >= 0.6 is 0 Å². The van der Waals surface area contributed by atoms with Crippen molar-refractivity contribution >= 4 is 27.5 Å². The normalized spacial score (nSPS) is 12.3. The lowest BCUT2D eigenvalue weighted by Crippen LogP contribution is -2.53. The van der Waals surface area contributed by atoms with Crippen LogP contribution in [0.25, 0.3) is 0 Å². The van der Waals surface area contributed by atoms with Crippen LogP contribution in [0.1, 0.15) is 47.6 Å². The highest BCUT2D eigenvalue weighted by molar-refractivity contribution is 7.92. The summed E-state index contributed by atoms with van der Waals surface area (Å²) in [5.74, 6) is -1.17. The zero-order valence-electron chi connectivity index (χ0n) is 27.2.